The minimum atomic E-state index is -0.767. The highest BCUT2D eigenvalue weighted by atomic mass is 35.5. The molecule has 18 heavy (non-hydrogen) atoms. The van der Waals surface area contributed by atoms with Crippen LogP contribution in [0.2, 0.25) is 10.0 Å². The van der Waals surface area contributed by atoms with Crippen molar-refractivity contribution in [3.05, 3.63) is 39.9 Å². The Hall–Kier alpha value is -1.03. The highest BCUT2D eigenvalue weighted by molar-refractivity contribution is 6.35. The summed E-state index contributed by atoms with van der Waals surface area (Å²) in [5, 5.41) is 13.3. The van der Waals surface area contributed by atoms with Crippen molar-refractivity contribution in [1.29, 1.82) is 0 Å². The van der Waals surface area contributed by atoms with E-state index in [-0.39, 0.29) is 12.0 Å². The topological polar surface area (TPSA) is 49.3 Å². The maximum absolute atomic E-state index is 11.0. The van der Waals surface area contributed by atoms with E-state index in [1.54, 1.807) is 12.1 Å². The smallest absolute Gasteiger partial charge is 0.308 e. The number of hydrogen-bond donors (Lipinski definition) is 2. The van der Waals surface area contributed by atoms with E-state index in [2.05, 4.69) is 5.32 Å². The standard InChI is InChI=1S/C13H13Cl2NO2/c14-9-3-1-8(11(15)7-9)2-4-12-10(13(17)18)5-6-16-12/h1-4,7,10,12,16H,5-6H2,(H,17,18)/b4-2+. The number of carbonyl (C=O) groups is 1. The second-order valence-electron chi connectivity index (χ2n) is 4.24. The Bertz CT molecular complexity index is 488. The minimum Gasteiger partial charge on any atom is -0.481 e. The van der Waals surface area contributed by atoms with Crippen LogP contribution in [0, 0.1) is 5.92 Å². The van der Waals surface area contributed by atoms with Crippen molar-refractivity contribution < 1.29 is 9.90 Å². The first-order valence-electron chi connectivity index (χ1n) is 5.67. The molecule has 2 atom stereocenters. The molecule has 0 aliphatic carbocycles. The third kappa shape index (κ3) is 3.05. The van der Waals surface area contributed by atoms with Crippen molar-refractivity contribution in [2.75, 3.05) is 6.54 Å². The molecule has 1 aliphatic heterocycles. The van der Waals surface area contributed by atoms with Gasteiger partial charge in [0.25, 0.3) is 0 Å². The Morgan fingerprint density at radius 2 is 2.22 bits per heavy atom. The van der Waals surface area contributed by atoms with E-state index < -0.39 is 5.97 Å². The van der Waals surface area contributed by atoms with Gasteiger partial charge in [0.05, 0.1) is 5.92 Å². The molecule has 96 valence electrons. The second-order valence-corrected chi connectivity index (χ2v) is 5.08. The third-order valence-electron chi connectivity index (χ3n) is 3.03. The first-order valence-corrected chi connectivity index (χ1v) is 6.43. The van der Waals surface area contributed by atoms with Crippen molar-refractivity contribution in [1.82, 2.24) is 5.32 Å². The SMILES string of the molecule is O=C(O)C1CCNC1/C=C/c1ccc(Cl)cc1Cl. The first-order chi connectivity index (χ1) is 8.58. The lowest BCUT2D eigenvalue weighted by atomic mass is 10.00. The lowest BCUT2D eigenvalue weighted by Crippen LogP contribution is -2.29. The van der Waals surface area contributed by atoms with Gasteiger partial charge in [0.2, 0.25) is 0 Å². The van der Waals surface area contributed by atoms with Gasteiger partial charge in [-0.2, -0.15) is 0 Å². The minimum absolute atomic E-state index is 0.144. The highest BCUT2D eigenvalue weighted by Gasteiger charge is 2.30. The summed E-state index contributed by atoms with van der Waals surface area (Å²) < 4.78 is 0. The van der Waals surface area contributed by atoms with Gasteiger partial charge in [-0.05, 0) is 30.7 Å². The number of halogens is 2. The molecule has 1 aliphatic rings. The van der Waals surface area contributed by atoms with Crippen LogP contribution in [0.25, 0.3) is 6.08 Å². The average molecular weight is 286 g/mol. The molecule has 0 bridgehead atoms. The summed E-state index contributed by atoms with van der Waals surface area (Å²) in [7, 11) is 0. The zero-order chi connectivity index (χ0) is 13.1. The molecule has 0 spiro atoms. The number of carboxylic acid groups (broad SMARTS) is 1. The number of aliphatic carboxylic acids is 1. The summed E-state index contributed by atoms with van der Waals surface area (Å²) in [6, 6.07) is 5.09. The summed E-state index contributed by atoms with van der Waals surface area (Å²) >= 11 is 11.9. The fraction of sp³-hybridized carbons (Fsp3) is 0.308. The van der Waals surface area contributed by atoms with Crippen LogP contribution in [0.15, 0.2) is 24.3 Å². The van der Waals surface area contributed by atoms with Crippen LogP contribution in [0.4, 0.5) is 0 Å². The van der Waals surface area contributed by atoms with E-state index in [0.29, 0.717) is 16.5 Å². The summed E-state index contributed by atoms with van der Waals surface area (Å²) in [5.41, 5.74) is 0.832. The summed E-state index contributed by atoms with van der Waals surface area (Å²) in [5.74, 6) is -1.14. The fourth-order valence-electron chi connectivity index (χ4n) is 2.05. The monoisotopic (exact) mass is 285 g/mol. The zero-order valence-electron chi connectivity index (χ0n) is 9.57. The van der Waals surface area contributed by atoms with Gasteiger partial charge < -0.3 is 10.4 Å². The Kier molecular flexibility index (Phi) is 4.27. The van der Waals surface area contributed by atoms with Gasteiger partial charge in [-0.25, -0.2) is 0 Å². The maximum Gasteiger partial charge on any atom is 0.308 e. The number of nitrogens with one attached hydrogen (secondary N) is 1. The van der Waals surface area contributed by atoms with Crippen molar-refractivity contribution >= 4 is 35.2 Å². The van der Waals surface area contributed by atoms with Gasteiger partial charge in [-0.15, -0.1) is 0 Å². The molecule has 1 aromatic carbocycles. The molecule has 2 N–H and O–H groups in total. The first kappa shape index (κ1) is 13.4. The van der Waals surface area contributed by atoms with Crippen molar-refractivity contribution in [3.63, 3.8) is 0 Å². The molecule has 3 nitrogen and oxygen atoms in total. The number of benzene rings is 1. The fourth-order valence-corrected chi connectivity index (χ4v) is 2.52. The van der Waals surface area contributed by atoms with E-state index >= 15 is 0 Å². The van der Waals surface area contributed by atoms with E-state index in [0.717, 1.165) is 12.1 Å². The molecular weight excluding hydrogens is 273 g/mol. The van der Waals surface area contributed by atoms with E-state index in [9.17, 15) is 4.79 Å². The molecule has 2 unspecified atom stereocenters. The molecule has 1 aromatic rings. The third-order valence-corrected chi connectivity index (χ3v) is 3.59. The Labute approximate surface area is 115 Å². The molecule has 0 saturated carbocycles. The summed E-state index contributed by atoms with van der Waals surface area (Å²) in [4.78, 5) is 11.0. The largest absolute Gasteiger partial charge is 0.481 e. The molecule has 1 heterocycles. The van der Waals surface area contributed by atoms with Crippen molar-refractivity contribution in [2.45, 2.75) is 12.5 Å². The summed E-state index contributed by atoms with van der Waals surface area (Å²) in [6.45, 7) is 0.723. The van der Waals surface area contributed by atoms with Crippen molar-refractivity contribution in [2.24, 2.45) is 5.92 Å². The average Bonchev–Trinajstić information content (AvgIpc) is 2.76. The highest BCUT2D eigenvalue weighted by Crippen LogP contribution is 2.23. The van der Waals surface area contributed by atoms with Gasteiger partial charge in [0.15, 0.2) is 0 Å². The van der Waals surface area contributed by atoms with E-state index in [4.69, 9.17) is 28.3 Å². The van der Waals surface area contributed by atoms with Crippen LogP contribution in [0.5, 0.6) is 0 Å². The van der Waals surface area contributed by atoms with Gasteiger partial charge in [0.1, 0.15) is 0 Å². The molecule has 0 radical (unpaired) electrons. The number of hydrogen-bond acceptors (Lipinski definition) is 2. The van der Waals surface area contributed by atoms with Crippen LogP contribution >= 0.6 is 23.2 Å². The van der Waals surface area contributed by atoms with E-state index in [1.165, 1.54) is 0 Å². The second kappa shape index (κ2) is 5.74. The van der Waals surface area contributed by atoms with Crippen LogP contribution in [0.1, 0.15) is 12.0 Å². The van der Waals surface area contributed by atoms with Crippen LogP contribution < -0.4 is 5.32 Å². The normalized spacial score (nSPS) is 23.7. The molecule has 0 aromatic heterocycles. The molecule has 1 fully saturated rings. The quantitative estimate of drug-likeness (QED) is 0.897. The molecule has 0 amide bonds. The summed E-state index contributed by atoms with van der Waals surface area (Å²) in [6.07, 6.45) is 4.33. The van der Waals surface area contributed by atoms with Gasteiger partial charge in [-0.1, -0.05) is 41.4 Å². The van der Waals surface area contributed by atoms with Gasteiger partial charge in [0, 0.05) is 16.1 Å². The molecule has 1 saturated heterocycles. The lowest BCUT2D eigenvalue weighted by Gasteiger charge is -2.11. The van der Waals surface area contributed by atoms with Crippen molar-refractivity contribution in [3.8, 4) is 0 Å². The predicted molar refractivity (Wildman–Crippen MR) is 73.0 cm³/mol. The van der Waals surface area contributed by atoms with Gasteiger partial charge >= 0.3 is 5.97 Å². The molecule has 2 rings (SSSR count). The van der Waals surface area contributed by atoms with Crippen LogP contribution in [-0.4, -0.2) is 23.7 Å². The maximum atomic E-state index is 11.0. The van der Waals surface area contributed by atoms with Gasteiger partial charge in [-0.3, -0.25) is 4.79 Å². The Balaban J connectivity index is 2.13. The predicted octanol–water partition coefficient (Wildman–Crippen LogP) is 3.07. The van der Waals surface area contributed by atoms with Crippen LogP contribution in [-0.2, 0) is 4.79 Å². The van der Waals surface area contributed by atoms with E-state index in [1.807, 2.05) is 18.2 Å². The molecule has 5 heteroatoms. The Morgan fingerprint density at radius 1 is 1.44 bits per heavy atom. The molecular formula is C13H13Cl2NO2. The lowest BCUT2D eigenvalue weighted by molar-refractivity contribution is -0.141. The van der Waals surface area contributed by atoms with Crippen LogP contribution in [0.3, 0.4) is 0 Å². The number of carboxylic acids is 1. The zero-order valence-corrected chi connectivity index (χ0v) is 11.1. The Morgan fingerprint density at radius 3 is 2.89 bits per heavy atom. The number of rotatable bonds is 3.